The first-order valence-corrected chi connectivity index (χ1v) is 4.71. The maximum absolute atomic E-state index is 9.37. The Morgan fingerprint density at radius 2 is 2.25 bits per heavy atom. The van der Waals surface area contributed by atoms with Crippen molar-refractivity contribution in [3.63, 3.8) is 0 Å². The summed E-state index contributed by atoms with van der Waals surface area (Å²) < 4.78 is 6.20. The third-order valence-electron chi connectivity index (χ3n) is 2.01. The number of rotatable bonds is 0. The van der Waals surface area contributed by atoms with Gasteiger partial charge in [-0.05, 0) is 40.9 Å². The van der Waals surface area contributed by atoms with Crippen LogP contribution < -0.4 is 4.74 Å². The Labute approximate surface area is 79.3 Å². The number of phenols is 1. The zero-order valence-corrected chi connectivity index (χ0v) is 8.10. The number of aromatic hydroxyl groups is 1. The second kappa shape index (κ2) is 2.98. The van der Waals surface area contributed by atoms with E-state index in [1.807, 2.05) is 6.07 Å². The van der Waals surface area contributed by atoms with Gasteiger partial charge in [-0.1, -0.05) is 0 Å². The van der Waals surface area contributed by atoms with Crippen LogP contribution in [0.1, 0.15) is 12.0 Å². The highest BCUT2D eigenvalue weighted by Gasteiger charge is 2.15. The fraction of sp³-hybridized carbons (Fsp3) is 0.333. The highest BCUT2D eigenvalue weighted by atomic mass is 79.9. The van der Waals surface area contributed by atoms with Crippen LogP contribution in [0, 0.1) is 0 Å². The molecule has 2 rings (SSSR count). The van der Waals surface area contributed by atoms with E-state index in [0.717, 1.165) is 35.2 Å². The molecule has 0 radical (unpaired) electrons. The molecule has 0 unspecified atom stereocenters. The van der Waals surface area contributed by atoms with Crippen LogP contribution in [0.15, 0.2) is 16.6 Å². The molecule has 0 atom stereocenters. The number of hydrogen-bond donors (Lipinski definition) is 1. The van der Waals surface area contributed by atoms with Crippen molar-refractivity contribution in [2.45, 2.75) is 12.8 Å². The Bertz CT molecular complexity index is 310. The molecule has 0 aromatic heterocycles. The summed E-state index contributed by atoms with van der Waals surface area (Å²) in [7, 11) is 0. The van der Waals surface area contributed by atoms with Crippen molar-refractivity contribution >= 4 is 15.9 Å². The molecule has 0 spiro atoms. The second-order valence-corrected chi connectivity index (χ2v) is 3.62. The second-order valence-electron chi connectivity index (χ2n) is 2.83. The van der Waals surface area contributed by atoms with Gasteiger partial charge in [0.05, 0.1) is 11.1 Å². The van der Waals surface area contributed by atoms with Crippen LogP contribution in [0.3, 0.4) is 0 Å². The summed E-state index contributed by atoms with van der Waals surface area (Å²) in [5.41, 5.74) is 1.08. The fourth-order valence-electron chi connectivity index (χ4n) is 1.39. The lowest BCUT2D eigenvalue weighted by Crippen LogP contribution is -2.08. The molecule has 2 nitrogen and oxygen atoms in total. The topological polar surface area (TPSA) is 29.5 Å². The molecule has 1 N–H and O–H groups in total. The van der Waals surface area contributed by atoms with Gasteiger partial charge in [-0.3, -0.25) is 0 Å². The third kappa shape index (κ3) is 1.18. The van der Waals surface area contributed by atoms with Crippen molar-refractivity contribution in [3.8, 4) is 11.5 Å². The Morgan fingerprint density at radius 3 is 3.08 bits per heavy atom. The molecular weight excluding hydrogens is 220 g/mol. The maximum Gasteiger partial charge on any atom is 0.130 e. The van der Waals surface area contributed by atoms with Crippen molar-refractivity contribution < 1.29 is 9.84 Å². The molecule has 12 heavy (non-hydrogen) atoms. The SMILES string of the molecule is Oc1ccc2c(c1Br)CCCO2. The van der Waals surface area contributed by atoms with Crippen LogP contribution in [0.5, 0.6) is 11.5 Å². The van der Waals surface area contributed by atoms with E-state index < -0.39 is 0 Å². The number of fused-ring (bicyclic) bond motifs is 1. The summed E-state index contributed by atoms with van der Waals surface area (Å²) in [6.07, 6.45) is 2.00. The number of phenolic OH excluding ortho intramolecular Hbond substituents is 1. The van der Waals surface area contributed by atoms with Gasteiger partial charge in [-0.25, -0.2) is 0 Å². The van der Waals surface area contributed by atoms with Crippen molar-refractivity contribution in [3.05, 3.63) is 22.2 Å². The molecule has 0 saturated heterocycles. The Balaban J connectivity index is 2.54. The van der Waals surface area contributed by atoms with Crippen LogP contribution in [0.25, 0.3) is 0 Å². The van der Waals surface area contributed by atoms with Gasteiger partial charge < -0.3 is 9.84 Å². The van der Waals surface area contributed by atoms with Gasteiger partial charge >= 0.3 is 0 Å². The van der Waals surface area contributed by atoms with Crippen molar-refractivity contribution in [1.82, 2.24) is 0 Å². The number of halogens is 1. The molecule has 0 aliphatic carbocycles. The van der Waals surface area contributed by atoms with E-state index in [4.69, 9.17) is 4.74 Å². The van der Waals surface area contributed by atoms with E-state index in [0.29, 0.717) is 5.75 Å². The van der Waals surface area contributed by atoms with Gasteiger partial charge in [0, 0.05) is 5.56 Å². The zero-order chi connectivity index (χ0) is 8.55. The largest absolute Gasteiger partial charge is 0.507 e. The number of hydrogen-bond acceptors (Lipinski definition) is 2. The average molecular weight is 229 g/mol. The minimum Gasteiger partial charge on any atom is -0.507 e. The van der Waals surface area contributed by atoms with Gasteiger partial charge in [-0.2, -0.15) is 0 Å². The molecule has 0 amide bonds. The van der Waals surface area contributed by atoms with Crippen LogP contribution in [-0.4, -0.2) is 11.7 Å². The van der Waals surface area contributed by atoms with Crippen molar-refractivity contribution in [2.24, 2.45) is 0 Å². The Hall–Kier alpha value is -0.700. The highest BCUT2D eigenvalue weighted by Crippen LogP contribution is 2.36. The lowest BCUT2D eigenvalue weighted by molar-refractivity contribution is 0.287. The molecule has 0 fully saturated rings. The molecule has 1 aromatic carbocycles. The molecule has 1 aliphatic heterocycles. The lowest BCUT2D eigenvalue weighted by Gasteiger charge is -2.18. The summed E-state index contributed by atoms with van der Waals surface area (Å²) in [6, 6.07) is 3.46. The van der Waals surface area contributed by atoms with Crippen molar-refractivity contribution in [1.29, 1.82) is 0 Å². The molecule has 3 heteroatoms. The van der Waals surface area contributed by atoms with Gasteiger partial charge in [0.25, 0.3) is 0 Å². The van der Waals surface area contributed by atoms with Crippen LogP contribution >= 0.6 is 15.9 Å². The fourth-order valence-corrected chi connectivity index (χ4v) is 1.92. The standard InChI is InChI=1S/C9H9BrO2/c10-9-6-2-1-5-12-8(6)4-3-7(9)11/h3-4,11H,1-2,5H2. The summed E-state index contributed by atoms with van der Waals surface area (Å²) in [5.74, 6) is 1.19. The van der Waals surface area contributed by atoms with Crippen LogP contribution in [-0.2, 0) is 6.42 Å². The van der Waals surface area contributed by atoms with E-state index in [-0.39, 0.29) is 0 Å². The monoisotopic (exact) mass is 228 g/mol. The van der Waals surface area contributed by atoms with E-state index in [2.05, 4.69) is 15.9 Å². The maximum atomic E-state index is 9.37. The molecular formula is C9H9BrO2. The molecule has 1 heterocycles. The molecule has 0 bridgehead atoms. The first kappa shape index (κ1) is 7.92. The Kier molecular flexibility index (Phi) is 1.97. The molecule has 1 aromatic rings. The van der Waals surface area contributed by atoms with Gasteiger partial charge in [-0.15, -0.1) is 0 Å². The van der Waals surface area contributed by atoms with Crippen LogP contribution in [0.4, 0.5) is 0 Å². The zero-order valence-electron chi connectivity index (χ0n) is 6.51. The van der Waals surface area contributed by atoms with E-state index in [9.17, 15) is 5.11 Å². The van der Waals surface area contributed by atoms with Crippen LogP contribution in [0.2, 0.25) is 0 Å². The number of ether oxygens (including phenoxy) is 1. The smallest absolute Gasteiger partial charge is 0.130 e. The third-order valence-corrected chi connectivity index (χ3v) is 2.89. The summed E-state index contributed by atoms with van der Waals surface area (Å²) >= 11 is 3.34. The van der Waals surface area contributed by atoms with Gasteiger partial charge in [0.1, 0.15) is 11.5 Å². The summed E-state index contributed by atoms with van der Waals surface area (Å²) in [4.78, 5) is 0. The minimum absolute atomic E-state index is 0.291. The highest BCUT2D eigenvalue weighted by molar-refractivity contribution is 9.10. The van der Waals surface area contributed by atoms with E-state index in [1.165, 1.54) is 0 Å². The predicted octanol–water partition coefficient (Wildman–Crippen LogP) is 2.48. The Morgan fingerprint density at radius 1 is 1.42 bits per heavy atom. The first-order chi connectivity index (χ1) is 5.79. The first-order valence-electron chi connectivity index (χ1n) is 3.92. The molecule has 64 valence electrons. The van der Waals surface area contributed by atoms with Gasteiger partial charge in [0.15, 0.2) is 0 Å². The normalized spacial score (nSPS) is 15.1. The van der Waals surface area contributed by atoms with E-state index in [1.54, 1.807) is 6.07 Å². The summed E-state index contributed by atoms with van der Waals surface area (Å²) in [5, 5.41) is 9.37. The minimum atomic E-state index is 0.291. The van der Waals surface area contributed by atoms with E-state index >= 15 is 0 Å². The average Bonchev–Trinajstić information content (AvgIpc) is 2.12. The number of benzene rings is 1. The quantitative estimate of drug-likeness (QED) is 0.740. The summed E-state index contributed by atoms with van der Waals surface area (Å²) in [6.45, 7) is 0.782. The van der Waals surface area contributed by atoms with Gasteiger partial charge in [0.2, 0.25) is 0 Å². The lowest BCUT2D eigenvalue weighted by atomic mass is 10.1. The predicted molar refractivity (Wildman–Crippen MR) is 49.6 cm³/mol. The van der Waals surface area contributed by atoms with Crippen molar-refractivity contribution in [2.75, 3.05) is 6.61 Å². The molecule has 0 saturated carbocycles. The molecule has 1 aliphatic rings.